The quantitative estimate of drug-likeness (QED) is 0.783. The molecule has 0 saturated heterocycles. The van der Waals surface area contributed by atoms with Crippen molar-refractivity contribution in [3.63, 3.8) is 0 Å². The molecule has 1 amide bonds. The molecule has 0 atom stereocenters. The fraction of sp³-hybridized carbons (Fsp3) is 0.143. The fourth-order valence-electron chi connectivity index (χ4n) is 1.95. The summed E-state index contributed by atoms with van der Waals surface area (Å²) in [7, 11) is 3.02. The zero-order valence-corrected chi connectivity index (χ0v) is 12.0. The first-order chi connectivity index (χ1) is 10.7. The summed E-state index contributed by atoms with van der Waals surface area (Å²) in [6.45, 7) is 0. The van der Waals surface area contributed by atoms with E-state index < -0.39 is 5.91 Å². The lowest BCUT2D eigenvalue weighted by molar-refractivity contribution is 0.102. The Balaban J connectivity index is 1.90. The van der Waals surface area contributed by atoms with Crippen molar-refractivity contribution in [2.24, 2.45) is 0 Å². The van der Waals surface area contributed by atoms with Gasteiger partial charge in [0.15, 0.2) is 0 Å². The SMILES string of the molecule is COc1ccc(OC)c(C(=O)Nc2nc3ncccn3n2)c1. The first kappa shape index (κ1) is 13.8. The molecule has 1 aromatic carbocycles. The molecule has 0 bridgehead atoms. The van der Waals surface area contributed by atoms with Crippen LogP contribution in [0.1, 0.15) is 10.4 Å². The summed E-state index contributed by atoms with van der Waals surface area (Å²) in [5.74, 6) is 1.14. The van der Waals surface area contributed by atoms with E-state index in [1.807, 2.05) is 0 Å². The first-order valence-corrected chi connectivity index (χ1v) is 6.42. The van der Waals surface area contributed by atoms with Gasteiger partial charge in [0.25, 0.3) is 17.6 Å². The smallest absolute Gasteiger partial charge is 0.261 e. The molecule has 3 rings (SSSR count). The molecular formula is C14H13N5O3. The van der Waals surface area contributed by atoms with Crippen molar-refractivity contribution in [2.45, 2.75) is 0 Å². The van der Waals surface area contributed by atoms with Crippen molar-refractivity contribution in [1.82, 2.24) is 19.6 Å². The molecule has 0 aliphatic carbocycles. The Morgan fingerprint density at radius 1 is 1.27 bits per heavy atom. The molecule has 0 fully saturated rings. The second kappa shape index (κ2) is 5.68. The van der Waals surface area contributed by atoms with Crippen LogP contribution in [0.2, 0.25) is 0 Å². The van der Waals surface area contributed by atoms with E-state index in [4.69, 9.17) is 9.47 Å². The minimum atomic E-state index is -0.397. The Kier molecular flexibility index (Phi) is 3.57. The lowest BCUT2D eigenvalue weighted by Gasteiger charge is -2.09. The van der Waals surface area contributed by atoms with Gasteiger partial charge >= 0.3 is 0 Å². The van der Waals surface area contributed by atoms with Gasteiger partial charge in [-0.1, -0.05) is 0 Å². The Morgan fingerprint density at radius 3 is 2.86 bits per heavy atom. The monoisotopic (exact) mass is 299 g/mol. The highest BCUT2D eigenvalue weighted by Crippen LogP contribution is 2.24. The van der Waals surface area contributed by atoms with Gasteiger partial charge in [-0.15, -0.1) is 5.10 Å². The Morgan fingerprint density at radius 2 is 2.14 bits per heavy atom. The molecule has 8 heteroatoms. The number of amides is 1. The Hall–Kier alpha value is -3.16. The van der Waals surface area contributed by atoms with Crippen LogP contribution in [0, 0.1) is 0 Å². The number of benzene rings is 1. The van der Waals surface area contributed by atoms with Crippen LogP contribution in [0.5, 0.6) is 11.5 Å². The minimum Gasteiger partial charge on any atom is -0.497 e. The molecule has 0 aliphatic heterocycles. The molecule has 0 saturated carbocycles. The van der Waals surface area contributed by atoms with Gasteiger partial charge in [-0.2, -0.15) is 4.98 Å². The number of fused-ring (bicyclic) bond motifs is 1. The summed E-state index contributed by atoms with van der Waals surface area (Å²) in [6, 6.07) is 6.68. The standard InChI is InChI=1S/C14H13N5O3/c1-21-9-4-5-11(22-2)10(8-9)12(20)16-13-17-14-15-6-3-7-19(14)18-13/h3-8H,1-2H3,(H,16,18,20). The fourth-order valence-corrected chi connectivity index (χ4v) is 1.95. The lowest BCUT2D eigenvalue weighted by Crippen LogP contribution is -2.14. The van der Waals surface area contributed by atoms with E-state index in [0.29, 0.717) is 22.8 Å². The zero-order chi connectivity index (χ0) is 15.5. The van der Waals surface area contributed by atoms with Crippen molar-refractivity contribution in [3.05, 3.63) is 42.2 Å². The molecular weight excluding hydrogens is 286 g/mol. The van der Waals surface area contributed by atoms with Gasteiger partial charge in [0, 0.05) is 12.4 Å². The van der Waals surface area contributed by atoms with Crippen LogP contribution in [-0.2, 0) is 0 Å². The van der Waals surface area contributed by atoms with Crippen molar-refractivity contribution < 1.29 is 14.3 Å². The van der Waals surface area contributed by atoms with Gasteiger partial charge < -0.3 is 9.47 Å². The van der Waals surface area contributed by atoms with E-state index >= 15 is 0 Å². The summed E-state index contributed by atoms with van der Waals surface area (Å²) in [5.41, 5.74) is 0.327. The van der Waals surface area contributed by atoms with Gasteiger partial charge in [-0.05, 0) is 24.3 Å². The van der Waals surface area contributed by atoms with Crippen LogP contribution in [-0.4, -0.2) is 39.7 Å². The van der Waals surface area contributed by atoms with Gasteiger partial charge in [-0.3, -0.25) is 10.1 Å². The summed E-state index contributed by atoms with van der Waals surface area (Å²) >= 11 is 0. The molecule has 0 radical (unpaired) electrons. The average Bonchev–Trinajstić information content (AvgIpc) is 2.96. The first-order valence-electron chi connectivity index (χ1n) is 6.42. The van der Waals surface area contributed by atoms with Crippen LogP contribution in [0.3, 0.4) is 0 Å². The molecule has 0 unspecified atom stereocenters. The molecule has 112 valence electrons. The van der Waals surface area contributed by atoms with Crippen molar-refractivity contribution in [3.8, 4) is 11.5 Å². The Bertz CT molecular complexity index is 797. The summed E-state index contributed by atoms with van der Waals surface area (Å²) in [5, 5.41) is 6.73. The number of hydrogen-bond donors (Lipinski definition) is 1. The van der Waals surface area contributed by atoms with Gasteiger partial charge in [0.1, 0.15) is 11.5 Å². The van der Waals surface area contributed by atoms with E-state index in [0.717, 1.165) is 0 Å². The molecule has 8 nitrogen and oxygen atoms in total. The van der Waals surface area contributed by atoms with Crippen LogP contribution in [0.25, 0.3) is 5.78 Å². The maximum absolute atomic E-state index is 12.4. The number of rotatable bonds is 4. The van der Waals surface area contributed by atoms with E-state index in [2.05, 4.69) is 20.4 Å². The molecule has 22 heavy (non-hydrogen) atoms. The topological polar surface area (TPSA) is 90.6 Å². The van der Waals surface area contributed by atoms with Crippen LogP contribution in [0.15, 0.2) is 36.7 Å². The third-order valence-electron chi connectivity index (χ3n) is 2.99. The minimum absolute atomic E-state index is 0.161. The average molecular weight is 299 g/mol. The Labute approximate surface area is 125 Å². The van der Waals surface area contributed by atoms with Crippen LogP contribution in [0.4, 0.5) is 5.95 Å². The number of carbonyl (C=O) groups excluding carboxylic acids is 1. The zero-order valence-electron chi connectivity index (χ0n) is 12.0. The normalized spacial score (nSPS) is 10.5. The van der Waals surface area contributed by atoms with E-state index in [-0.39, 0.29) is 5.95 Å². The van der Waals surface area contributed by atoms with Crippen molar-refractivity contribution >= 4 is 17.6 Å². The van der Waals surface area contributed by atoms with E-state index in [1.54, 1.807) is 36.7 Å². The largest absolute Gasteiger partial charge is 0.497 e. The number of nitrogens with zero attached hydrogens (tertiary/aromatic N) is 4. The van der Waals surface area contributed by atoms with Crippen molar-refractivity contribution in [2.75, 3.05) is 19.5 Å². The summed E-state index contributed by atoms with van der Waals surface area (Å²) < 4.78 is 11.8. The second-order valence-corrected chi connectivity index (χ2v) is 4.32. The number of ether oxygens (including phenoxy) is 2. The summed E-state index contributed by atoms with van der Waals surface area (Å²) in [6.07, 6.45) is 3.29. The van der Waals surface area contributed by atoms with Crippen LogP contribution < -0.4 is 14.8 Å². The number of hydrogen-bond acceptors (Lipinski definition) is 6. The highest BCUT2D eigenvalue weighted by molar-refractivity contribution is 6.05. The molecule has 2 heterocycles. The lowest BCUT2D eigenvalue weighted by atomic mass is 10.1. The van der Waals surface area contributed by atoms with Crippen LogP contribution >= 0.6 is 0 Å². The van der Waals surface area contributed by atoms with E-state index in [9.17, 15) is 4.79 Å². The van der Waals surface area contributed by atoms with Gasteiger partial charge in [0.2, 0.25) is 0 Å². The third-order valence-corrected chi connectivity index (χ3v) is 2.99. The predicted molar refractivity (Wildman–Crippen MR) is 78.3 cm³/mol. The molecule has 0 aliphatic rings. The maximum atomic E-state index is 12.4. The molecule has 1 N–H and O–H groups in total. The highest BCUT2D eigenvalue weighted by Gasteiger charge is 2.16. The van der Waals surface area contributed by atoms with Crippen molar-refractivity contribution in [1.29, 1.82) is 0 Å². The molecule has 0 spiro atoms. The number of anilines is 1. The van der Waals surface area contributed by atoms with E-state index in [1.165, 1.54) is 18.7 Å². The third kappa shape index (κ3) is 2.53. The predicted octanol–water partition coefficient (Wildman–Crippen LogP) is 1.39. The number of nitrogens with one attached hydrogen (secondary N) is 1. The molecule has 3 aromatic rings. The molecule has 2 aromatic heterocycles. The number of carbonyl (C=O) groups is 1. The summed E-state index contributed by atoms with van der Waals surface area (Å²) in [4.78, 5) is 20.5. The maximum Gasteiger partial charge on any atom is 0.261 e. The highest BCUT2D eigenvalue weighted by atomic mass is 16.5. The number of aromatic nitrogens is 4. The number of methoxy groups -OCH3 is 2. The van der Waals surface area contributed by atoms with Gasteiger partial charge in [0.05, 0.1) is 19.8 Å². The second-order valence-electron chi connectivity index (χ2n) is 4.32. The van der Waals surface area contributed by atoms with Gasteiger partial charge in [-0.25, -0.2) is 9.50 Å².